The third-order valence-electron chi connectivity index (χ3n) is 5.80. The SMILES string of the molecule is CC(=O)N1CCC[C@@H]2[C@H]1[C@@H](c1ccc(F)cc1)CN2Cc1ccncc1. The molecule has 3 heterocycles. The Morgan fingerprint density at radius 3 is 2.62 bits per heavy atom. The highest BCUT2D eigenvalue weighted by molar-refractivity contribution is 5.74. The Hall–Kier alpha value is -2.27. The molecule has 136 valence electrons. The van der Waals surface area contributed by atoms with E-state index in [2.05, 4.69) is 9.88 Å². The van der Waals surface area contributed by atoms with Crippen molar-refractivity contribution < 1.29 is 9.18 Å². The smallest absolute Gasteiger partial charge is 0.219 e. The minimum atomic E-state index is -0.219. The average molecular weight is 353 g/mol. The number of rotatable bonds is 3. The highest BCUT2D eigenvalue weighted by Crippen LogP contribution is 2.40. The number of benzene rings is 1. The lowest BCUT2D eigenvalue weighted by Crippen LogP contribution is -2.52. The van der Waals surface area contributed by atoms with Crippen LogP contribution in [0.4, 0.5) is 4.39 Å². The normalized spacial score (nSPS) is 25.9. The Morgan fingerprint density at radius 2 is 1.92 bits per heavy atom. The number of carbonyl (C=O) groups is 1. The van der Waals surface area contributed by atoms with Crippen LogP contribution in [0.2, 0.25) is 0 Å². The lowest BCUT2D eigenvalue weighted by atomic mass is 9.86. The van der Waals surface area contributed by atoms with E-state index < -0.39 is 0 Å². The van der Waals surface area contributed by atoms with E-state index in [4.69, 9.17) is 0 Å². The third-order valence-corrected chi connectivity index (χ3v) is 5.80. The van der Waals surface area contributed by atoms with Crippen LogP contribution in [0.25, 0.3) is 0 Å². The van der Waals surface area contributed by atoms with Gasteiger partial charge in [0.2, 0.25) is 5.91 Å². The molecular weight excluding hydrogens is 329 g/mol. The molecule has 0 bridgehead atoms. The first-order chi connectivity index (χ1) is 12.6. The summed E-state index contributed by atoms with van der Waals surface area (Å²) in [7, 11) is 0. The monoisotopic (exact) mass is 353 g/mol. The van der Waals surface area contributed by atoms with Crippen molar-refractivity contribution in [3.8, 4) is 0 Å². The van der Waals surface area contributed by atoms with Crippen LogP contribution < -0.4 is 0 Å². The van der Waals surface area contributed by atoms with Gasteiger partial charge >= 0.3 is 0 Å². The largest absolute Gasteiger partial charge is 0.338 e. The number of amides is 1. The molecule has 0 unspecified atom stereocenters. The molecule has 1 aromatic heterocycles. The second kappa shape index (κ2) is 7.16. The van der Waals surface area contributed by atoms with Gasteiger partial charge in [0.05, 0.1) is 6.04 Å². The van der Waals surface area contributed by atoms with Gasteiger partial charge in [0.15, 0.2) is 0 Å². The number of pyridine rings is 1. The van der Waals surface area contributed by atoms with E-state index in [-0.39, 0.29) is 23.7 Å². The Labute approximate surface area is 153 Å². The predicted octanol–water partition coefficient (Wildman–Crippen LogP) is 3.20. The van der Waals surface area contributed by atoms with Crippen molar-refractivity contribution in [2.24, 2.45) is 0 Å². The fraction of sp³-hybridized carbons (Fsp3) is 0.429. The Balaban J connectivity index is 1.66. The highest BCUT2D eigenvalue weighted by atomic mass is 19.1. The van der Waals surface area contributed by atoms with E-state index >= 15 is 0 Å². The molecular formula is C21H24FN3O. The highest BCUT2D eigenvalue weighted by Gasteiger charge is 2.47. The van der Waals surface area contributed by atoms with Gasteiger partial charge in [-0.05, 0) is 48.2 Å². The van der Waals surface area contributed by atoms with Crippen LogP contribution in [0.1, 0.15) is 36.8 Å². The molecule has 0 N–H and O–H groups in total. The molecule has 26 heavy (non-hydrogen) atoms. The van der Waals surface area contributed by atoms with Gasteiger partial charge < -0.3 is 4.90 Å². The molecule has 0 radical (unpaired) electrons. The van der Waals surface area contributed by atoms with E-state index in [1.165, 1.54) is 17.7 Å². The Morgan fingerprint density at radius 1 is 1.19 bits per heavy atom. The second-order valence-electron chi connectivity index (χ2n) is 7.36. The van der Waals surface area contributed by atoms with Crippen LogP contribution in [-0.2, 0) is 11.3 Å². The molecule has 2 aliphatic heterocycles. The van der Waals surface area contributed by atoms with Crippen molar-refractivity contribution in [2.45, 2.75) is 44.3 Å². The van der Waals surface area contributed by atoms with E-state index in [9.17, 15) is 9.18 Å². The zero-order chi connectivity index (χ0) is 18.1. The van der Waals surface area contributed by atoms with Gasteiger partial charge in [-0.3, -0.25) is 14.7 Å². The predicted molar refractivity (Wildman–Crippen MR) is 98.0 cm³/mol. The Kier molecular flexibility index (Phi) is 4.72. The second-order valence-corrected chi connectivity index (χ2v) is 7.36. The van der Waals surface area contributed by atoms with Gasteiger partial charge in [-0.1, -0.05) is 12.1 Å². The van der Waals surface area contributed by atoms with Gasteiger partial charge in [-0.25, -0.2) is 4.39 Å². The maximum absolute atomic E-state index is 13.4. The van der Waals surface area contributed by atoms with Crippen LogP contribution in [0.15, 0.2) is 48.8 Å². The van der Waals surface area contributed by atoms with E-state index in [1.54, 1.807) is 6.92 Å². The third kappa shape index (κ3) is 3.23. The van der Waals surface area contributed by atoms with Crippen LogP contribution >= 0.6 is 0 Å². The van der Waals surface area contributed by atoms with Gasteiger partial charge in [0.25, 0.3) is 0 Å². The van der Waals surface area contributed by atoms with E-state index in [0.717, 1.165) is 38.0 Å². The molecule has 5 heteroatoms. The van der Waals surface area contributed by atoms with Crippen LogP contribution in [-0.4, -0.2) is 45.9 Å². The number of aromatic nitrogens is 1. The Bertz CT molecular complexity index is 765. The molecule has 4 rings (SSSR count). The molecule has 2 aromatic rings. The van der Waals surface area contributed by atoms with Crippen LogP contribution in [0.3, 0.4) is 0 Å². The van der Waals surface area contributed by atoms with Crippen molar-refractivity contribution in [1.29, 1.82) is 0 Å². The number of carbonyl (C=O) groups excluding carboxylic acids is 1. The summed E-state index contributed by atoms with van der Waals surface area (Å²) in [5, 5.41) is 0. The molecule has 3 atom stereocenters. The lowest BCUT2D eigenvalue weighted by Gasteiger charge is -2.41. The van der Waals surface area contributed by atoms with Crippen molar-refractivity contribution in [3.63, 3.8) is 0 Å². The summed E-state index contributed by atoms with van der Waals surface area (Å²) in [6.45, 7) is 4.22. The van der Waals surface area contributed by atoms with Gasteiger partial charge in [0, 0.05) is 50.9 Å². The first kappa shape index (κ1) is 17.2. The minimum Gasteiger partial charge on any atom is -0.338 e. The number of halogens is 1. The number of hydrogen-bond donors (Lipinski definition) is 0. The summed E-state index contributed by atoms with van der Waals surface area (Å²) >= 11 is 0. The summed E-state index contributed by atoms with van der Waals surface area (Å²) in [6.07, 6.45) is 5.77. The molecule has 0 saturated carbocycles. The standard InChI is InChI=1S/C21H24FN3O/c1-15(26)25-12-2-3-20-21(25)19(17-4-6-18(22)7-5-17)14-24(20)13-16-8-10-23-11-9-16/h4-11,19-21H,2-3,12-14H2,1H3/t19-,20-,21-/m1/s1. The van der Waals surface area contributed by atoms with Gasteiger partial charge in [0.1, 0.15) is 5.82 Å². The fourth-order valence-electron chi connectivity index (χ4n) is 4.66. The quantitative estimate of drug-likeness (QED) is 0.850. The minimum absolute atomic E-state index is 0.137. The average Bonchev–Trinajstić information content (AvgIpc) is 3.02. The zero-order valence-electron chi connectivity index (χ0n) is 15.0. The number of likely N-dealkylation sites (tertiary alicyclic amines) is 2. The van der Waals surface area contributed by atoms with Crippen molar-refractivity contribution >= 4 is 5.91 Å². The molecule has 2 aliphatic rings. The summed E-state index contributed by atoms with van der Waals surface area (Å²) in [4.78, 5) is 20.9. The molecule has 1 aromatic carbocycles. The summed E-state index contributed by atoms with van der Waals surface area (Å²) in [5.41, 5.74) is 2.35. The zero-order valence-corrected chi connectivity index (χ0v) is 15.0. The van der Waals surface area contributed by atoms with Crippen molar-refractivity contribution in [3.05, 3.63) is 65.7 Å². The van der Waals surface area contributed by atoms with Crippen molar-refractivity contribution in [2.75, 3.05) is 13.1 Å². The molecule has 0 spiro atoms. The molecule has 2 saturated heterocycles. The summed E-state index contributed by atoms with van der Waals surface area (Å²) in [6, 6.07) is 11.4. The summed E-state index contributed by atoms with van der Waals surface area (Å²) in [5.74, 6) is 0.133. The van der Waals surface area contributed by atoms with E-state index in [1.807, 2.05) is 41.6 Å². The van der Waals surface area contributed by atoms with Gasteiger partial charge in [-0.15, -0.1) is 0 Å². The van der Waals surface area contributed by atoms with Gasteiger partial charge in [-0.2, -0.15) is 0 Å². The maximum atomic E-state index is 13.4. The summed E-state index contributed by atoms with van der Waals surface area (Å²) < 4.78 is 13.4. The van der Waals surface area contributed by atoms with Crippen LogP contribution in [0, 0.1) is 5.82 Å². The number of piperidine rings is 1. The number of hydrogen-bond acceptors (Lipinski definition) is 3. The molecule has 4 nitrogen and oxygen atoms in total. The number of nitrogens with zero attached hydrogens (tertiary/aromatic N) is 3. The fourth-order valence-corrected chi connectivity index (χ4v) is 4.66. The van der Waals surface area contributed by atoms with Crippen molar-refractivity contribution in [1.82, 2.24) is 14.8 Å². The van der Waals surface area contributed by atoms with Crippen LogP contribution in [0.5, 0.6) is 0 Å². The molecule has 2 fully saturated rings. The molecule has 0 aliphatic carbocycles. The topological polar surface area (TPSA) is 36.4 Å². The number of fused-ring (bicyclic) bond motifs is 1. The van der Waals surface area contributed by atoms with E-state index in [0.29, 0.717) is 6.04 Å². The molecule has 1 amide bonds. The first-order valence-corrected chi connectivity index (χ1v) is 9.29. The first-order valence-electron chi connectivity index (χ1n) is 9.29. The lowest BCUT2D eigenvalue weighted by molar-refractivity contribution is -0.133. The maximum Gasteiger partial charge on any atom is 0.219 e.